The minimum Gasteiger partial charge on any atom is -0.485 e. The summed E-state index contributed by atoms with van der Waals surface area (Å²) in [7, 11) is 0. The molecule has 1 atom stereocenters. The maximum atomic E-state index is 12.3. The summed E-state index contributed by atoms with van der Waals surface area (Å²) in [4.78, 5) is 15.5. The third-order valence-corrected chi connectivity index (χ3v) is 4.99. The molecule has 1 fully saturated rings. The predicted molar refractivity (Wildman–Crippen MR) is 87.0 cm³/mol. The van der Waals surface area contributed by atoms with Gasteiger partial charge in [0, 0.05) is 25.0 Å². The zero-order chi connectivity index (χ0) is 15.5. The van der Waals surface area contributed by atoms with Gasteiger partial charge in [-0.15, -0.1) is 11.3 Å². The van der Waals surface area contributed by atoms with Crippen molar-refractivity contribution in [3.05, 3.63) is 10.3 Å². The van der Waals surface area contributed by atoms with Gasteiger partial charge >= 0.3 is 0 Å². The lowest BCUT2D eigenvalue weighted by Crippen LogP contribution is -2.32. The second-order valence-electron chi connectivity index (χ2n) is 6.47. The van der Waals surface area contributed by atoms with Crippen LogP contribution >= 0.6 is 11.3 Å². The third kappa shape index (κ3) is 3.55. The average molecular weight is 324 g/mol. The molecule has 1 N–H and O–H groups in total. The van der Waals surface area contributed by atoms with Gasteiger partial charge in [-0.1, -0.05) is 13.8 Å². The van der Waals surface area contributed by atoms with E-state index < -0.39 is 0 Å². The highest BCUT2D eigenvalue weighted by Crippen LogP contribution is 2.39. The number of rotatable bonds is 5. The number of carbonyl (C=O) groups excluding carboxylic acids is 1. The molecule has 0 unspecified atom stereocenters. The van der Waals surface area contributed by atoms with Crippen LogP contribution in [0.2, 0.25) is 0 Å². The molecule has 1 saturated heterocycles. The van der Waals surface area contributed by atoms with Gasteiger partial charge in [0.15, 0.2) is 11.5 Å². The van der Waals surface area contributed by atoms with Gasteiger partial charge in [-0.3, -0.25) is 4.79 Å². The average Bonchev–Trinajstić information content (AvgIpc) is 3.10. The summed E-state index contributed by atoms with van der Waals surface area (Å²) < 4.78 is 11.0. The van der Waals surface area contributed by atoms with Crippen LogP contribution in [0.3, 0.4) is 0 Å². The van der Waals surface area contributed by atoms with Gasteiger partial charge in [-0.2, -0.15) is 0 Å². The van der Waals surface area contributed by atoms with E-state index in [0.29, 0.717) is 41.4 Å². The zero-order valence-electron chi connectivity index (χ0n) is 13.3. The first-order valence-corrected chi connectivity index (χ1v) is 8.89. The molecule has 1 aromatic rings. The number of hydrogen-bond acceptors (Lipinski definition) is 5. The Bertz CT molecular complexity index is 529. The van der Waals surface area contributed by atoms with E-state index in [1.54, 1.807) is 0 Å². The van der Waals surface area contributed by atoms with E-state index in [-0.39, 0.29) is 5.91 Å². The molecule has 0 spiro atoms. The summed E-state index contributed by atoms with van der Waals surface area (Å²) in [6, 6.07) is 0. The molecule has 2 aliphatic heterocycles. The van der Waals surface area contributed by atoms with Crippen molar-refractivity contribution in [3.63, 3.8) is 0 Å². The van der Waals surface area contributed by atoms with Crippen LogP contribution in [-0.2, 0) is 0 Å². The minimum absolute atomic E-state index is 0.0425. The first kappa shape index (κ1) is 15.6. The fraction of sp³-hybridized carbons (Fsp3) is 0.688. The number of ether oxygens (including phenoxy) is 2. The Morgan fingerprint density at radius 2 is 2.27 bits per heavy atom. The Morgan fingerprint density at radius 3 is 3.09 bits per heavy atom. The molecule has 6 heteroatoms. The lowest BCUT2D eigenvalue weighted by atomic mass is 10.1. The van der Waals surface area contributed by atoms with Crippen LogP contribution in [0.25, 0.3) is 0 Å². The minimum atomic E-state index is -0.0425. The van der Waals surface area contributed by atoms with Crippen LogP contribution in [0.1, 0.15) is 29.9 Å². The van der Waals surface area contributed by atoms with Crippen LogP contribution < -0.4 is 14.8 Å². The normalized spacial score (nSPS) is 21.3. The van der Waals surface area contributed by atoms with Crippen molar-refractivity contribution in [2.24, 2.45) is 11.8 Å². The third-order valence-electron chi connectivity index (χ3n) is 4.05. The first-order valence-electron chi connectivity index (χ1n) is 8.01. The van der Waals surface area contributed by atoms with Crippen molar-refractivity contribution in [1.82, 2.24) is 10.2 Å². The summed E-state index contributed by atoms with van der Waals surface area (Å²) in [6.07, 6.45) is 1.16. The zero-order valence-corrected chi connectivity index (χ0v) is 14.1. The molecule has 1 amide bonds. The fourth-order valence-corrected chi connectivity index (χ4v) is 3.94. The largest absolute Gasteiger partial charge is 0.485 e. The number of amides is 1. The van der Waals surface area contributed by atoms with Gasteiger partial charge in [0.25, 0.3) is 5.91 Å². The molecule has 1 aromatic heterocycles. The molecule has 0 bridgehead atoms. The van der Waals surface area contributed by atoms with E-state index in [0.717, 1.165) is 32.6 Å². The Morgan fingerprint density at radius 1 is 1.45 bits per heavy atom. The molecule has 0 aromatic carbocycles. The highest BCUT2D eigenvalue weighted by Gasteiger charge is 2.26. The van der Waals surface area contributed by atoms with Crippen molar-refractivity contribution in [2.45, 2.75) is 20.3 Å². The van der Waals surface area contributed by atoms with Gasteiger partial charge in [-0.25, -0.2) is 0 Å². The molecular formula is C16H24N2O3S. The molecule has 3 heterocycles. The van der Waals surface area contributed by atoms with Gasteiger partial charge in [0.1, 0.15) is 18.1 Å². The van der Waals surface area contributed by atoms with Crippen LogP contribution in [0, 0.1) is 11.8 Å². The van der Waals surface area contributed by atoms with Crippen molar-refractivity contribution < 1.29 is 14.3 Å². The van der Waals surface area contributed by atoms with Crippen molar-refractivity contribution in [3.8, 4) is 11.5 Å². The van der Waals surface area contributed by atoms with E-state index in [9.17, 15) is 4.79 Å². The Hall–Kier alpha value is -1.27. The summed E-state index contributed by atoms with van der Waals surface area (Å²) >= 11 is 1.39. The van der Waals surface area contributed by atoms with Gasteiger partial charge < -0.3 is 19.7 Å². The van der Waals surface area contributed by atoms with E-state index >= 15 is 0 Å². The number of fused-ring (bicyclic) bond motifs is 1. The fourth-order valence-electron chi connectivity index (χ4n) is 3.10. The summed E-state index contributed by atoms with van der Waals surface area (Å²) in [5.41, 5.74) is 0. The number of nitrogens with zero attached hydrogens (tertiary/aromatic N) is 1. The lowest BCUT2D eigenvalue weighted by Gasteiger charge is -2.18. The van der Waals surface area contributed by atoms with Gasteiger partial charge in [0.05, 0.1) is 0 Å². The number of likely N-dealkylation sites (tertiary alicyclic amines) is 1. The predicted octanol–water partition coefficient (Wildman–Crippen LogP) is 2.23. The summed E-state index contributed by atoms with van der Waals surface area (Å²) in [6.45, 7) is 9.67. The van der Waals surface area contributed by atoms with E-state index in [4.69, 9.17) is 9.47 Å². The monoisotopic (exact) mass is 324 g/mol. The molecule has 122 valence electrons. The van der Waals surface area contributed by atoms with Crippen molar-refractivity contribution >= 4 is 17.2 Å². The van der Waals surface area contributed by atoms with Gasteiger partial charge in [-0.05, 0) is 24.8 Å². The highest BCUT2D eigenvalue weighted by molar-refractivity contribution is 7.12. The van der Waals surface area contributed by atoms with Crippen molar-refractivity contribution in [2.75, 3.05) is 39.4 Å². The molecule has 3 rings (SSSR count). The maximum Gasteiger partial charge on any atom is 0.265 e. The molecule has 22 heavy (non-hydrogen) atoms. The molecule has 0 saturated carbocycles. The Balaban J connectivity index is 1.50. The molecular weight excluding hydrogens is 300 g/mol. The smallest absolute Gasteiger partial charge is 0.265 e. The standard InChI is InChI=1S/C16H24N2O3S/c1-11(2)8-18-4-3-12(9-18)7-17-16(19)15-14-13(10-22-15)20-5-6-21-14/h10-12H,3-9H2,1-2H3,(H,17,19)/t12-/m0/s1. The molecule has 5 nitrogen and oxygen atoms in total. The first-order chi connectivity index (χ1) is 10.6. The SMILES string of the molecule is CC(C)CN1CC[C@@H](CNC(=O)c2scc3c2OCCO3)C1. The molecule has 0 radical (unpaired) electrons. The van der Waals surface area contributed by atoms with E-state index in [1.165, 1.54) is 11.3 Å². The maximum absolute atomic E-state index is 12.3. The number of hydrogen-bond donors (Lipinski definition) is 1. The summed E-state index contributed by atoms with van der Waals surface area (Å²) in [5.74, 6) is 2.52. The number of carbonyl (C=O) groups is 1. The second kappa shape index (κ2) is 6.87. The quantitative estimate of drug-likeness (QED) is 0.902. The van der Waals surface area contributed by atoms with Crippen LogP contribution in [0.4, 0.5) is 0 Å². The second-order valence-corrected chi connectivity index (χ2v) is 7.35. The van der Waals surface area contributed by atoms with Crippen LogP contribution in [0.15, 0.2) is 5.38 Å². The van der Waals surface area contributed by atoms with E-state index in [1.807, 2.05) is 5.38 Å². The number of nitrogens with one attached hydrogen (secondary N) is 1. The van der Waals surface area contributed by atoms with Gasteiger partial charge in [0.2, 0.25) is 0 Å². The highest BCUT2D eigenvalue weighted by atomic mass is 32.1. The van der Waals surface area contributed by atoms with E-state index in [2.05, 4.69) is 24.1 Å². The topological polar surface area (TPSA) is 50.8 Å². The summed E-state index contributed by atoms with van der Waals surface area (Å²) in [5, 5.41) is 4.91. The van der Waals surface area contributed by atoms with Crippen LogP contribution in [-0.4, -0.2) is 50.2 Å². The van der Waals surface area contributed by atoms with Crippen LogP contribution in [0.5, 0.6) is 11.5 Å². The Kier molecular flexibility index (Phi) is 4.88. The van der Waals surface area contributed by atoms with Crippen molar-refractivity contribution in [1.29, 1.82) is 0 Å². The number of thiophene rings is 1. The lowest BCUT2D eigenvalue weighted by molar-refractivity contribution is 0.0942. The molecule has 0 aliphatic carbocycles. The Labute approximate surface area is 135 Å². The molecule has 2 aliphatic rings.